The molecule has 3 aromatic rings. The Morgan fingerprint density at radius 2 is 1.56 bits per heavy atom. The molecule has 5 nitrogen and oxygen atoms in total. The lowest BCUT2D eigenvalue weighted by Crippen LogP contribution is -2.49. The Labute approximate surface area is 195 Å². The molecule has 0 bridgehead atoms. The first-order valence-corrected chi connectivity index (χ1v) is 12.5. The second kappa shape index (κ2) is 9.76. The number of amides is 1. The summed E-state index contributed by atoms with van der Waals surface area (Å²) in [6.45, 7) is 5.35. The van der Waals surface area contributed by atoms with Crippen LogP contribution in [0, 0.1) is 13.8 Å². The van der Waals surface area contributed by atoms with E-state index < -0.39 is 28.0 Å². The molecule has 0 spiro atoms. The number of benzene rings is 3. The van der Waals surface area contributed by atoms with Gasteiger partial charge in [-0.05, 0) is 55.2 Å². The third-order valence-electron chi connectivity index (χ3n) is 5.42. The fraction of sp³-hybridized carbons (Fsp3) is 0.240. The van der Waals surface area contributed by atoms with Crippen molar-refractivity contribution >= 4 is 33.2 Å². The average Bonchev–Trinajstić information content (AvgIpc) is 2.74. The summed E-state index contributed by atoms with van der Waals surface area (Å²) in [5.74, 6) is -0.410. The lowest BCUT2D eigenvalue weighted by molar-refractivity contribution is -0.122. The number of halogens is 1. The fourth-order valence-electron chi connectivity index (χ4n) is 3.76. The van der Waals surface area contributed by atoms with Crippen molar-refractivity contribution in [2.24, 2.45) is 0 Å². The molecular weight excluding hydrogens is 444 g/mol. The van der Waals surface area contributed by atoms with Gasteiger partial charge in [0.2, 0.25) is 15.9 Å². The Morgan fingerprint density at radius 1 is 0.938 bits per heavy atom. The van der Waals surface area contributed by atoms with Gasteiger partial charge in [-0.3, -0.25) is 9.10 Å². The van der Waals surface area contributed by atoms with Gasteiger partial charge in [-0.15, -0.1) is 0 Å². The molecule has 0 fully saturated rings. The van der Waals surface area contributed by atoms with Crippen molar-refractivity contribution in [3.05, 3.63) is 100 Å². The maximum atomic E-state index is 13.4. The van der Waals surface area contributed by atoms with Crippen molar-refractivity contribution in [1.82, 2.24) is 5.32 Å². The van der Waals surface area contributed by atoms with E-state index in [1.165, 1.54) is 0 Å². The molecule has 1 N–H and O–H groups in total. The first kappa shape index (κ1) is 23.8. The zero-order valence-electron chi connectivity index (χ0n) is 18.5. The van der Waals surface area contributed by atoms with Gasteiger partial charge in [0, 0.05) is 5.02 Å². The fourth-order valence-corrected chi connectivity index (χ4v) is 5.15. The van der Waals surface area contributed by atoms with Crippen molar-refractivity contribution in [3.8, 4) is 0 Å². The highest BCUT2D eigenvalue weighted by Crippen LogP contribution is 2.29. The van der Waals surface area contributed by atoms with Crippen LogP contribution in [0.5, 0.6) is 0 Å². The van der Waals surface area contributed by atoms with Crippen molar-refractivity contribution in [1.29, 1.82) is 0 Å². The van der Waals surface area contributed by atoms with Gasteiger partial charge >= 0.3 is 0 Å². The molecule has 0 saturated heterocycles. The first-order valence-electron chi connectivity index (χ1n) is 10.3. The lowest BCUT2D eigenvalue weighted by Gasteiger charge is -2.31. The van der Waals surface area contributed by atoms with E-state index in [0.29, 0.717) is 16.3 Å². The number of hydrogen-bond acceptors (Lipinski definition) is 3. The normalized spacial score (nSPS) is 13.3. The molecule has 0 unspecified atom stereocenters. The predicted octanol–water partition coefficient (Wildman–Crippen LogP) is 5.02. The largest absolute Gasteiger partial charge is 0.343 e. The van der Waals surface area contributed by atoms with Gasteiger partial charge in [0.25, 0.3) is 0 Å². The number of hydrogen-bond donors (Lipinski definition) is 1. The predicted molar refractivity (Wildman–Crippen MR) is 131 cm³/mol. The van der Waals surface area contributed by atoms with Crippen molar-refractivity contribution in [2.75, 3.05) is 10.6 Å². The standard InChI is InChI=1S/C25H27ClN2O3S/c1-17-10-8-9-13-22(17)24(20-11-6-5-7-12-20)27-25(29)19(3)28(32(4,30)31)23-16-21(26)15-14-18(23)2/h5-16,19,24H,1-4H3,(H,27,29)/t19-,24+/m1/s1. The van der Waals surface area contributed by atoms with E-state index in [-0.39, 0.29) is 0 Å². The van der Waals surface area contributed by atoms with Gasteiger partial charge in [-0.25, -0.2) is 8.42 Å². The lowest BCUT2D eigenvalue weighted by atomic mass is 9.94. The highest BCUT2D eigenvalue weighted by atomic mass is 35.5. The number of nitrogens with zero attached hydrogens (tertiary/aromatic N) is 1. The van der Waals surface area contributed by atoms with Gasteiger partial charge in [0.05, 0.1) is 18.0 Å². The van der Waals surface area contributed by atoms with Crippen LogP contribution in [0.4, 0.5) is 5.69 Å². The third kappa shape index (κ3) is 5.31. The maximum Gasteiger partial charge on any atom is 0.244 e. The van der Waals surface area contributed by atoms with E-state index in [0.717, 1.165) is 27.3 Å². The van der Waals surface area contributed by atoms with Crippen molar-refractivity contribution in [3.63, 3.8) is 0 Å². The topological polar surface area (TPSA) is 66.5 Å². The molecular formula is C25H27ClN2O3S. The number of carbonyl (C=O) groups excluding carboxylic acids is 1. The Hall–Kier alpha value is -2.83. The summed E-state index contributed by atoms with van der Waals surface area (Å²) in [6.07, 6.45) is 1.09. The molecule has 0 aliphatic heterocycles. The zero-order chi connectivity index (χ0) is 23.5. The second-order valence-corrected chi connectivity index (χ2v) is 10.2. The molecule has 2 atom stereocenters. The van der Waals surface area contributed by atoms with E-state index >= 15 is 0 Å². The van der Waals surface area contributed by atoms with Crippen LogP contribution < -0.4 is 9.62 Å². The van der Waals surface area contributed by atoms with Crippen LogP contribution in [0.3, 0.4) is 0 Å². The highest BCUT2D eigenvalue weighted by molar-refractivity contribution is 7.92. The van der Waals surface area contributed by atoms with Crippen LogP contribution in [-0.2, 0) is 14.8 Å². The summed E-state index contributed by atoms with van der Waals surface area (Å²) >= 11 is 6.14. The molecule has 1 amide bonds. The number of nitrogens with one attached hydrogen (secondary N) is 1. The minimum atomic E-state index is -3.76. The smallest absolute Gasteiger partial charge is 0.244 e. The second-order valence-electron chi connectivity index (χ2n) is 7.87. The van der Waals surface area contributed by atoms with Gasteiger partial charge < -0.3 is 5.32 Å². The molecule has 32 heavy (non-hydrogen) atoms. The van der Waals surface area contributed by atoms with E-state index in [1.54, 1.807) is 32.0 Å². The minimum absolute atomic E-state index is 0.384. The Balaban J connectivity index is 2.01. The molecule has 0 aliphatic carbocycles. The summed E-state index contributed by atoms with van der Waals surface area (Å²) in [6, 6.07) is 21.0. The summed E-state index contributed by atoms with van der Waals surface area (Å²) in [4.78, 5) is 13.4. The van der Waals surface area contributed by atoms with Crippen molar-refractivity contribution in [2.45, 2.75) is 32.9 Å². The van der Waals surface area contributed by atoms with Crippen LogP contribution in [0.25, 0.3) is 0 Å². The molecule has 3 aromatic carbocycles. The summed E-state index contributed by atoms with van der Waals surface area (Å²) in [5.41, 5.74) is 3.98. The van der Waals surface area contributed by atoms with Gasteiger partial charge in [0.15, 0.2) is 0 Å². The molecule has 7 heteroatoms. The van der Waals surface area contributed by atoms with Crippen LogP contribution >= 0.6 is 11.6 Å². The molecule has 0 aliphatic rings. The number of carbonyl (C=O) groups is 1. The minimum Gasteiger partial charge on any atom is -0.343 e. The first-order chi connectivity index (χ1) is 15.1. The highest BCUT2D eigenvalue weighted by Gasteiger charge is 2.32. The van der Waals surface area contributed by atoms with E-state index in [2.05, 4.69) is 5.32 Å². The summed E-state index contributed by atoms with van der Waals surface area (Å²) in [5, 5.41) is 3.47. The monoisotopic (exact) mass is 470 g/mol. The maximum absolute atomic E-state index is 13.4. The number of rotatable bonds is 7. The molecule has 3 rings (SSSR count). The quantitative estimate of drug-likeness (QED) is 0.527. The van der Waals surface area contributed by atoms with E-state index in [4.69, 9.17) is 11.6 Å². The molecule has 0 heterocycles. The number of sulfonamides is 1. The Morgan fingerprint density at radius 3 is 2.19 bits per heavy atom. The number of aryl methyl sites for hydroxylation is 2. The van der Waals surface area contributed by atoms with Gasteiger partial charge in [-0.2, -0.15) is 0 Å². The average molecular weight is 471 g/mol. The van der Waals surface area contributed by atoms with Gasteiger partial charge in [0.1, 0.15) is 6.04 Å². The Bertz CT molecular complexity index is 1210. The Kier molecular flexibility index (Phi) is 7.26. The van der Waals surface area contributed by atoms with Crippen LogP contribution in [0.2, 0.25) is 5.02 Å². The number of anilines is 1. The van der Waals surface area contributed by atoms with Crippen LogP contribution in [0.1, 0.15) is 35.2 Å². The van der Waals surface area contributed by atoms with E-state index in [1.807, 2.05) is 61.5 Å². The SMILES string of the molecule is Cc1ccccc1[C@@H](NC(=O)[C@@H](C)N(c1cc(Cl)ccc1C)S(C)(=O)=O)c1ccccc1. The summed E-state index contributed by atoms with van der Waals surface area (Å²) < 4.78 is 26.6. The molecule has 0 saturated carbocycles. The van der Waals surface area contributed by atoms with Crippen LogP contribution in [-0.4, -0.2) is 26.6 Å². The molecule has 0 radical (unpaired) electrons. The summed E-state index contributed by atoms with van der Waals surface area (Å²) in [7, 11) is -3.76. The van der Waals surface area contributed by atoms with Crippen molar-refractivity contribution < 1.29 is 13.2 Å². The van der Waals surface area contributed by atoms with E-state index in [9.17, 15) is 13.2 Å². The molecule has 168 valence electrons. The van der Waals surface area contributed by atoms with Crippen LogP contribution in [0.15, 0.2) is 72.8 Å². The third-order valence-corrected chi connectivity index (χ3v) is 6.88. The molecule has 0 aromatic heterocycles. The zero-order valence-corrected chi connectivity index (χ0v) is 20.1. The van der Waals surface area contributed by atoms with Gasteiger partial charge in [-0.1, -0.05) is 72.3 Å².